The van der Waals surface area contributed by atoms with E-state index in [1.54, 1.807) is 16.8 Å². The smallest absolute Gasteiger partial charge is 0.262 e. The number of carbonyl (C=O) groups is 1. The van der Waals surface area contributed by atoms with E-state index in [4.69, 9.17) is 0 Å². The molecule has 0 aliphatic rings. The van der Waals surface area contributed by atoms with Crippen LogP contribution in [-0.2, 0) is 24.3 Å². The average molecular weight is 431 g/mol. The number of pyridine rings is 1. The van der Waals surface area contributed by atoms with Crippen molar-refractivity contribution in [3.8, 4) is 0 Å². The first kappa shape index (κ1) is 20.8. The predicted octanol–water partition coefficient (Wildman–Crippen LogP) is 3.44. The number of rotatable bonds is 8. The minimum Gasteiger partial charge on any atom is -0.351 e. The van der Waals surface area contributed by atoms with Gasteiger partial charge in [0.2, 0.25) is 5.91 Å². The number of nitrogens with one attached hydrogen (secondary N) is 1. The molecule has 0 bridgehead atoms. The molecule has 7 heteroatoms. The van der Waals surface area contributed by atoms with E-state index in [2.05, 4.69) is 15.3 Å². The summed E-state index contributed by atoms with van der Waals surface area (Å²) in [5, 5.41) is 4.02. The number of carbonyl (C=O) groups excluding carboxylic acids is 1. The Bertz CT molecular complexity index is 1230. The number of thioether (sulfide) groups is 1. The van der Waals surface area contributed by atoms with Crippen molar-refractivity contribution in [1.82, 2.24) is 19.9 Å². The molecule has 4 aromatic rings. The van der Waals surface area contributed by atoms with Crippen molar-refractivity contribution in [1.29, 1.82) is 0 Å². The fourth-order valence-corrected chi connectivity index (χ4v) is 4.06. The fraction of sp³-hybridized carbons (Fsp3) is 0.167. The third-order valence-electron chi connectivity index (χ3n) is 4.81. The summed E-state index contributed by atoms with van der Waals surface area (Å²) in [4.78, 5) is 34.5. The topological polar surface area (TPSA) is 76.9 Å². The van der Waals surface area contributed by atoms with Crippen molar-refractivity contribution in [3.05, 3.63) is 101 Å². The van der Waals surface area contributed by atoms with Crippen LogP contribution in [0.15, 0.2) is 88.9 Å². The van der Waals surface area contributed by atoms with E-state index in [1.807, 2.05) is 66.7 Å². The van der Waals surface area contributed by atoms with Crippen LogP contribution in [0.4, 0.5) is 0 Å². The number of fused-ring (bicyclic) bond motifs is 1. The maximum absolute atomic E-state index is 13.1. The predicted molar refractivity (Wildman–Crippen MR) is 123 cm³/mol. The second-order valence-corrected chi connectivity index (χ2v) is 7.93. The largest absolute Gasteiger partial charge is 0.351 e. The molecule has 2 aromatic carbocycles. The molecule has 0 spiro atoms. The van der Waals surface area contributed by atoms with E-state index >= 15 is 0 Å². The van der Waals surface area contributed by atoms with Gasteiger partial charge in [-0.15, -0.1) is 0 Å². The normalized spacial score (nSPS) is 10.8. The molecule has 0 fully saturated rings. The average Bonchev–Trinajstić information content (AvgIpc) is 2.82. The Morgan fingerprint density at radius 1 is 0.968 bits per heavy atom. The minimum absolute atomic E-state index is 0.103. The highest BCUT2D eigenvalue weighted by Crippen LogP contribution is 2.18. The molecule has 0 saturated carbocycles. The number of hydrogen-bond acceptors (Lipinski definition) is 5. The van der Waals surface area contributed by atoms with Crippen LogP contribution in [-0.4, -0.2) is 26.2 Å². The van der Waals surface area contributed by atoms with Crippen LogP contribution >= 0.6 is 11.8 Å². The van der Waals surface area contributed by atoms with Crippen molar-refractivity contribution in [3.63, 3.8) is 0 Å². The molecule has 31 heavy (non-hydrogen) atoms. The quantitative estimate of drug-likeness (QED) is 0.342. The number of aromatic nitrogens is 3. The SMILES string of the molecule is O=C(CSc1nc2ccccc2c(=O)n1CCc1ccccn1)NCc1ccccc1. The molecule has 1 amide bonds. The molecule has 0 aliphatic carbocycles. The lowest BCUT2D eigenvalue weighted by molar-refractivity contribution is -0.118. The first-order valence-corrected chi connectivity index (χ1v) is 11.0. The van der Waals surface area contributed by atoms with Gasteiger partial charge in [0.25, 0.3) is 5.56 Å². The molecule has 0 aliphatic heterocycles. The molecule has 2 heterocycles. The number of amides is 1. The van der Waals surface area contributed by atoms with Crippen LogP contribution < -0.4 is 10.9 Å². The lowest BCUT2D eigenvalue weighted by atomic mass is 10.2. The third-order valence-corrected chi connectivity index (χ3v) is 5.79. The highest BCUT2D eigenvalue weighted by molar-refractivity contribution is 7.99. The Morgan fingerprint density at radius 2 is 1.74 bits per heavy atom. The summed E-state index contributed by atoms with van der Waals surface area (Å²) in [5.74, 6) is 0.0776. The Hall–Kier alpha value is -3.45. The van der Waals surface area contributed by atoms with Gasteiger partial charge < -0.3 is 5.32 Å². The molecule has 156 valence electrons. The van der Waals surface area contributed by atoms with Crippen LogP contribution in [0.5, 0.6) is 0 Å². The third kappa shape index (κ3) is 5.38. The van der Waals surface area contributed by atoms with Crippen molar-refractivity contribution in [2.45, 2.75) is 24.7 Å². The fourth-order valence-electron chi connectivity index (χ4n) is 3.21. The second kappa shape index (κ2) is 10.0. The van der Waals surface area contributed by atoms with Crippen molar-refractivity contribution in [2.75, 3.05) is 5.75 Å². The summed E-state index contributed by atoms with van der Waals surface area (Å²) in [5.41, 5.74) is 2.47. The zero-order valence-corrected chi connectivity index (χ0v) is 17.7. The maximum atomic E-state index is 13.1. The first-order valence-electron chi connectivity index (χ1n) is 10.0. The van der Waals surface area contributed by atoms with Gasteiger partial charge in [-0.2, -0.15) is 0 Å². The van der Waals surface area contributed by atoms with Crippen LogP contribution in [0.3, 0.4) is 0 Å². The molecular weight excluding hydrogens is 408 g/mol. The molecule has 2 aromatic heterocycles. The standard InChI is InChI=1S/C24H22N4O2S/c29-22(26-16-18-8-2-1-3-9-18)17-31-24-27-21-12-5-4-11-20(21)23(30)28(24)15-13-19-10-6-7-14-25-19/h1-12,14H,13,15-17H2,(H,26,29). The zero-order valence-electron chi connectivity index (χ0n) is 16.9. The van der Waals surface area contributed by atoms with E-state index in [9.17, 15) is 9.59 Å². The van der Waals surface area contributed by atoms with Gasteiger partial charge in [0.05, 0.1) is 16.7 Å². The van der Waals surface area contributed by atoms with Crippen molar-refractivity contribution < 1.29 is 4.79 Å². The molecule has 0 saturated heterocycles. The van der Waals surface area contributed by atoms with Gasteiger partial charge in [0.1, 0.15) is 0 Å². The molecule has 4 rings (SSSR count). The number of nitrogens with zero attached hydrogens (tertiary/aromatic N) is 3. The summed E-state index contributed by atoms with van der Waals surface area (Å²) in [6.45, 7) is 0.916. The van der Waals surface area contributed by atoms with Gasteiger partial charge in [0, 0.05) is 31.4 Å². The Morgan fingerprint density at radius 3 is 2.55 bits per heavy atom. The summed E-state index contributed by atoms with van der Waals surface area (Å²) in [6, 6.07) is 22.8. The van der Waals surface area contributed by atoms with E-state index in [-0.39, 0.29) is 17.2 Å². The number of aryl methyl sites for hydroxylation is 1. The van der Waals surface area contributed by atoms with E-state index in [0.29, 0.717) is 35.6 Å². The van der Waals surface area contributed by atoms with Gasteiger partial charge in [0.15, 0.2) is 5.16 Å². The van der Waals surface area contributed by atoms with Crippen LogP contribution in [0.1, 0.15) is 11.3 Å². The molecule has 1 N–H and O–H groups in total. The van der Waals surface area contributed by atoms with Crippen LogP contribution in [0, 0.1) is 0 Å². The second-order valence-electron chi connectivity index (χ2n) is 6.99. The zero-order chi connectivity index (χ0) is 21.5. The monoisotopic (exact) mass is 430 g/mol. The van der Waals surface area contributed by atoms with Gasteiger partial charge in [-0.1, -0.05) is 60.3 Å². The minimum atomic E-state index is -0.104. The summed E-state index contributed by atoms with van der Waals surface area (Å²) >= 11 is 1.27. The highest BCUT2D eigenvalue weighted by Gasteiger charge is 2.13. The highest BCUT2D eigenvalue weighted by atomic mass is 32.2. The van der Waals surface area contributed by atoms with Gasteiger partial charge in [-0.05, 0) is 29.8 Å². The van der Waals surface area contributed by atoms with E-state index in [1.165, 1.54) is 11.8 Å². The van der Waals surface area contributed by atoms with Crippen molar-refractivity contribution >= 4 is 28.6 Å². The first-order chi connectivity index (χ1) is 15.2. The lowest BCUT2D eigenvalue weighted by Crippen LogP contribution is -2.27. The van der Waals surface area contributed by atoms with Crippen LogP contribution in [0.25, 0.3) is 10.9 Å². The molecule has 6 nitrogen and oxygen atoms in total. The maximum Gasteiger partial charge on any atom is 0.262 e. The molecule has 0 unspecified atom stereocenters. The van der Waals surface area contributed by atoms with E-state index < -0.39 is 0 Å². The number of para-hydroxylation sites is 1. The number of benzene rings is 2. The number of hydrogen-bond donors (Lipinski definition) is 1. The summed E-state index contributed by atoms with van der Waals surface area (Å²) < 4.78 is 1.64. The lowest BCUT2D eigenvalue weighted by Gasteiger charge is -2.13. The van der Waals surface area contributed by atoms with Crippen molar-refractivity contribution in [2.24, 2.45) is 0 Å². The van der Waals surface area contributed by atoms with Crippen LogP contribution in [0.2, 0.25) is 0 Å². The Balaban J connectivity index is 1.51. The molecule has 0 radical (unpaired) electrons. The molecule has 0 atom stereocenters. The Kier molecular flexibility index (Phi) is 6.74. The summed E-state index contributed by atoms with van der Waals surface area (Å²) in [6.07, 6.45) is 2.35. The van der Waals surface area contributed by atoms with Gasteiger partial charge >= 0.3 is 0 Å². The van der Waals surface area contributed by atoms with E-state index in [0.717, 1.165) is 11.3 Å². The Labute approximate surface area is 184 Å². The molecular formula is C24H22N4O2S. The summed E-state index contributed by atoms with van der Waals surface area (Å²) in [7, 11) is 0. The van der Waals surface area contributed by atoms with Gasteiger partial charge in [-0.3, -0.25) is 19.1 Å². The van der Waals surface area contributed by atoms with Gasteiger partial charge in [-0.25, -0.2) is 4.98 Å².